The summed E-state index contributed by atoms with van der Waals surface area (Å²) in [7, 11) is 0. The van der Waals surface area contributed by atoms with Gasteiger partial charge in [0.15, 0.2) is 0 Å². The zero-order chi connectivity index (χ0) is 25.6. The van der Waals surface area contributed by atoms with E-state index >= 15 is 0 Å². The molecule has 1 aliphatic rings. The van der Waals surface area contributed by atoms with Crippen LogP contribution in [0.1, 0.15) is 59.9 Å². The first-order valence-corrected chi connectivity index (χ1v) is 11.5. The number of hydrogen-bond donors (Lipinski definition) is 2. The van der Waals surface area contributed by atoms with Crippen molar-refractivity contribution in [2.24, 2.45) is 0 Å². The van der Waals surface area contributed by atoms with Gasteiger partial charge in [0.25, 0.3) is 0 Å². The van der Waals surface area contributed by atoms with Crippen molar-refractivity contribution in [3.63, 3.8) is 0 Å². The largest absolute Gasteiger partial charge is 0.444 e. The van der Waals surface area contributed by atoms with E-state index in [0.717, 1.165) is 5.56 Å². The van der Waals surface area contributed by atoms with E-state index in [-0.39, 0.29) is 32.4 Å². The lowest BCUT2D eigenvalue weighted by Crippen LogP contribution is -2.60. The predicted octanol–water partition coefficient (Wildman–Crippen LogP) is 3.53. The second-order valence-corrected chi connectivity index (χ2v) is 10.5. The number of carbonyl (C=O) groups is 3. The highest BCUT2D eigenvalue weighted by atomic mass is 16.6. The number of ether oxygens (including phenoxy) is 2. The molecule has 0 bridgehead atoms. The van der Waals surface area contributed by atoms with Gasteiger partial charge in [-0.1, -0.05) is 30.3 Å². The van der Waals surface area contributed by atoms with E-state index in [1.807, 2.05) is 30.3 Å². The lowest BCUT2D eigenvalue weighted by molar-refractivity contribution is -0.125. The molecule has 0 saturated carbocycles. The number of nitriles is 1. The molecule has 3 amide bonds. The van der Waals surface area contributed by atoms with E-state index in [2.05, 4.69) is 16.7 Å². The summed E-state index contributed by atoms with van der Waals surface area (Å²) in [5.41, 5.74) is -1.64. The lowest BCUT2D eigenvalue weighted by atomic mass is 9.88. The van der Waals surface area contributed by atoms with Crippen LogP contribution in [0.2, 0.25) is 0 Å². The van der Waals surface area contributed by atoms with Crippen molar-refractivity contribution in [3.05, 3.63) is 35.9 Å². The Morgan fingerprint density at radius 2 is 1.59 bits per heavy atom. The number of alkyl carbamates (subject to hydrolysis) is 1. The third kappa shape index (κ3) is 8.58. The van der Waals surface area contributed by atoms with Crippen molar-refractivity contribution in [3.8, 4) is 6.07 Å². The number of carbonyl (C=O) groups excluding carboxylic acids is 3. The molecule has 9 nitrogen and oxygen atoms in total. The molecule has 1 atom stereocenters. The Bertz CT molecular complexity index is 904. The van der Waals surface area contributed by atoms with Gasteiger partial charge in [-0.25, -0.2) is 9.59 Å². The van der Waals surface area contributed by atoms with Crippen molar-refractivity contribution in [1.82, 2.24) is 15.5 Å². The summed E-state index contributed by atoms with van der Waals surface area (Å²) in [5, 5.41) is 15.4. The van der Waals surface area contributed by atoms with Gasteiger partial charge in [0.05, 0.1) is 6.07 Å². The van der Waals surface area contributed by atoms with E-state index in [9.17, 15) is 19.6 Å². The van der Waals surface area contributed by atoms with Crippen LogP contribution in [0.3, 0.4) is 0 Å². The Morgan fingerprint density at radius 1 is 1.03 bits per heavy atom. The topological polar surface area (TPSA) is 121 Å². The molecule has 2 N–H and O–H groups in total. The van der Waals surface area contributed by atoms with Crippen molar-refractivity contribution in [2.75, 3.05) is 13.1 Å². The minimum absolute atomic E-state index is 0.234. The van der Waals surface area contributed by atoms with Crippen LogP contribution in [0.4, 0.5) is 9.59 Å². The van der Waals surface area contributed by atoms with Crippen LogP contribution in [-0.2, 0) is 20.7 Å². The highest BCUT2D eigenvalue weighted by molar-refractivity contribution is 5.87. The highest BCUT2D eigenvalue weighted by Crippen LogP contribution is 2.24. The molecule has 186 valence electrons. The first-order chi connectivity index (χ1) is 15.7. The average molecular weight is 473 g/mol. The van der Waals surface area contributed by atoms with Crippen molar-refractivity contribution >= 4 is 18.1 Å². The summed E-state index contributed by atoms with van der Waals surface area (Å²) < 4.78 is 10.7. The van der Waals surface area contributed by atoms with E-state index in [1.165, 1.54) is 4.90 Å². The lowest BCUT2D eigenvalue weighted by Gasteiger charge is -2.38. The average Bonchev–Trinajstić information content (AvgIpc) is 2.72. The molecule has 9 heteroatoms. The van der Waals surface area contributed by atoms with Crippen LogP contribution < -0.4 is 10.6 Å². The zero-order valence-corrected chi connectivity index (χ0v) is 20.9. The van der Waals surface area contributed by atoms with Crippen LogP contribution in [0.5, 0.6) is 0 Å². The van der Waals surface area contributed by atoms with Gasteiger partial charge in [0.1, 0.15) is 22.8 Å². The molecule has 1 aromatic carbocycles. The minimum Gasteiger partial charge on any atom is -0.444 e. The van der Waals surface area contributed by atoms with Gasteiger partial charge in [0, 0.05) is 32.4 Å². The summed E-state index contributed by atoms with van der Waals surface area (Å²) in [6.45, 7) is 11.1. The van der Waals surface area contributed by atoms with Gasteiger partial charge in [-0.2, -0.15) is 5.26 Å². The van der Waals surface area contributed by atoms with Gasteiger partial charge in [0.2, 0.25) is 5.91 Å². The predicted molar refractivity (Wildman–Crippen MR) is 127 cm³/mol. The van der Waals surface area contributed by atoms with Crippen LogP contribution in [-0.4, -0.2) is 58.9 Å². The van der Waals surface area contributed by atoms with Crippen LogP contribution in [0, 0.1) is 11.3 Å². The van der Waals surface area contributed by atoms with Gasteiger partial charge < -0.3 is 25.0 Å². The summed E-state index contributed by atoms with van der Waals surface area (Å²) in [6, 6.07) is 10.5. The smallest absolute Gasteiger partial charge is 0.410 e. The first-order valence-electron chi connectivity index (χ1n) is 11.5. The maximum Gasteiger partial charge on any atom is 0.410 e. The number of likely N-dealkylation sites (tertiary alicyclic amines) is 1. The quantitative estimate of drug-likeness (QED) is 0.676. The molecule has 1 aromatic rings. The first kappa shape index (κ1) is 27.0. The maximum atomic E-state index is 13.2. The number of piperidine rings is 1. The second kappa shape index (κ2) is 10.8. The fourth-order valence-electron chi connectivity index (χ4n) is 3.49. The molecular formula is C25H36N4O5. The number of hydrogen-bond acceptors (Lipinski definition) is 6. The molecule has 1 heterocycles. The van der Waals surface area contributed by atoms with E-state index in [0.29, 0.717) is 0 Å². The van der Waals surface area contributed by atoms with E-state index in [1.54, 1.807) is 41.5 Å². The summed E-state index contributed by atoms with van der Waals surface area (Å²) in [6.07, 6.45) is -0.427. The number of benzene rings is 1. The SMILES string of the molecule is CC(C)(C)OC(=O)N[C@@H](Cc1ccccc1)C(=O)NC1(C#N)CCN(C(=O)OC(C)(C)C)CC1. The standard InChI is InChI=1S/C25H36N4O5/c1-23(2,3)33-21(31)27-19(16-18-10-8-7-9-11-18)20(30)28-25(17-26)12-14-29(15-13-25)22(32)34-24(4,5)6/h7-11,19H,12-16H2,1-6H3,(H,27,31)(H,28,30)/t19-/m0/s1. The fourth-order valence-corrected chi connectivity index (χ4v) is 3.49. The Labute approximate surface area is 201 Å². The van der Waals surface area contributed by atoms with Crippen molar-refractivity contribution < 1.29 is 23.9 Å². The summed E-state index contributed by atoms with van der Waals surface area (Å²) in [4.78, 5) is 39.5. The highest BCUT2D eigenvalue weighted by Gasteiger charge is 2.40. The minimum atomic E-state index is -1.15. The molecular weight excluding hydrogens is 436 g/mol. The van der Waals surface area contributed by atoms with Gasteiger partial charge in [-0.3, -0.25) is 4.79 Å². The fraction of sp³-hybridized carbons (Fsp3) is 0.600. The van der Waals surface area contributed by atoms with Gasteiger partial charge in [-0.15, -0.1) is 0 Å². The molecule has 1 saturated heterocycles. The van der Waals surface area contributed by atoms with Crippen molar-refractivity contribution in [1.29, 1.82) is 5.26 Å². The Hall–Kier alpha value is -3.28. The molecule has 2 rings (SSSR count). The van der Waals surface area contributed by atoms with Crippen LogP contribution in [0.25, 0.3) is 0 Å². The molecule has 34 heavy (non-hydrogen) atoms. The maximum absolute atomic E-state index is 13.2. The summed E-state index contributed by atoms with van der Waals surface area (Å²) >= 11 is 0. The molecule has 0 unspecified atom stereocenters. The third-order valence-corrected chi connectivity index (χ3v) is 5.14. The molecule has 0 radical (unpaired) electrons. The Morgan fingerprint density at radius 3 is 2.09 bits per heavy atom. The van der Waals surface area contributed by atoms with E-state index in [4.69, 9.17) is 9.47 Å². The molecule has 0 aliphatic carbocycles. The van der Waals surface area contributed by atoms with Gasteiger partial charge in [-0.05, 0) is 47.1 Å². The molecule has 0 aromatic heterocycles. The van der Waals surface area contributed by atoms with E-state index < -0.39 is 40.9 Å². The van der Waals surface area contributed by atoms with Crippen LogP contribution >= 0.6 is 0 Å². The second-order valence-electron chi connectivity index (χ2n) is 10.5. The van der Waals surface area contributed by atoms with Crippen LogP contribution in [0.15, 0.2) is 30.3 Å². The number of amides is 3. The zero-order valence-electron chi connectivity index (χ0n) is 20.9. The number of nitrogens with zero attached hydrogens (tertiary/aromatic N) is 2. The molecule has 1 aliphatic heterocycles. The normalized spacial score (nSPS) is 16.6. The number of nitrogens with one attached hydrogen (secondary N) is 2. The van der Waals surface area contributed by atoms with Crippen molar-refractivity contribution in [2.45, 2.75) is 83.6 Å². The Balaban J connectivity index is 2.10. The monoisotopic (exact) mass is 472 g/mol. The number of rotatable bonds is 5. The third-order valence-electron chi connectivity index (χ3n) is 5.14. The molecule has 1 fully saturated rings. The molecule has 0 spiro atoms. The summed E-state index contributed by atoms with van der Waals surface area (Å²) in [5.74, 6) is -0.484. The van der Waals surface area contributed by atoms with Gasteiger partial charge >= 0.3 is 12.2 Å². The Kier molecular flexibility index (Phi) is 8.54.